The Bertz CT molecular complexity index is 707. The minimum absolute atomic E-state index is 0.166. The highest BCUT2D eigenvalue weighted by Gasteiger charge is 2.24. The van der Waals surface area contributed by atoms with Crippen molar-refractivity contribution in [3.63, 3.8) is 0 Å². The predicted octanol–water partition coefficient (Wildman–Crippen LogP) is 3.28. The molecule has 1 aliphatic heterocycles. The summed E-state index contributed by atoms with van der Waals surface area (Å²) >= 11 is 3.43. The maximum absolute atomic E-state index is 12.4. The van der Waals surface area contributed by atoms with Gasteiger partial charge in [0.25, 0.3) is 5.91 Å². The summed E-state index contributed by atoms with van der Waals surface area (Å²) in [7, 11) is 0. The van der Waals surface area contributed by atoms with E-state index in [0.717, 1.165) is 41.7 Å². The minimum atomic E-state index is -0.166. The van der Waals surface area contributed by atoms with Crippen molar-refractivity contribution in [2.45, 2.75) is 19.9 Å². The molecule has 6 heteroatoms. The van der Waals surface area contributed by atoms with Crippen LogP contribution >= 0.6 is 15.9 Å². The fourth-order valence-electron chi connectivity index (χ4n) is 3.11. The zero-order valence-corrected chi connectivity index (χ0v) is 15.6. The number of nitrogens with one attached hydrogen (secondary N) is 1. The van der Waals surface area contributed by atoms with Gasteiger partial charge in [0.05, 0.1) is 13.2 Å². The van der Waals surface area contributed by atoms with E-state index in [4.69, 9.17) is 9.15 Å². The standard InChI is InChI=1S/C18H23BrN2O3/c1-12(2)15(21-5-7-23-8-6-21)11-20-18(22)17-10-13-9-14(19)3-4-16(13)24-17/h3-4,9-10,12,15H,5-8,11H2,1-2H3,(H,20,22). The lowest BCUT2D eigenvalue weighted by Gasteiger charge is -2.36. The van der Waals surface area contributed by atoms with Crippen LogP contribution in [0.3, 0.4) is 0 Å². The number of hydrogen-bond donors (Lipinski definition) is 1. The molecule has 1 fully saturated rings. The number of halogens is 1. The van der Waals surface area contributed by atoms with Crippen molar-refractivity contribution in [1.82, 2.24) is 10.2 Å². The highest BCUT2D eigenvalue weighted by molar-refractivity contribution is 9.10. The van der Waals surface area contributed by atoms with Crippen molar-refractivity contribution < 1.29 is 13.9 Å². The molecule has 0 spiro atoms. The van der Waals surface area contributed by atoms with Crippen LogP contribution in [0.25, 0.3) is 11.0 Å². The van der Waals surface area contributed by atoms with Gasteiger partial charge in [0.1, 0.15) is 5.58 Å². The van der Waals surface area contributed by atoms with Gasteiger partial charge >= 0.3 is 0 Å². The monoisotopic (exact) mass is 394 g/mol. The molecule has 0 aliphatic carbocycles. The fourth-order valence-corrected chi connectivity index (χ4v) is 3.48. The van der Waals surface area contributed by atoms with Gasteiger partial charge in [-0.15, -0.1) is 0 Å². The molecule has 1 N–H and O–H groups in total. The number of morpholine rings is 1. The first-order chi connectivity index (χ1) is 11.5. The SMILES string of the molecule is CC(C)C(CNC(=O)c1cc2cc(Br)ccc2o1)N1CCOCC1. The number of hydrogen-bond acceptors (Lipinski definition) is 4. The summed E-state index contributed by atoms with van der Waals surface area (Å²) in [6.45, 7) is 8.33. The Morgan fingerprint density at radius 2 is 2.04 bits per heavy atom. The zero-order chi connectivity index (χ0) is 17.1. The average molecular weight is 395 g/mol. The summed E-state index contributed by atoms with van der Waals surface area (Å²) in [6.07, 6.45) is 0. The fraction of sp³-hybridized carbons (Fsp3) is 0.500. The molecule has 3 rings (SSSR count). The lowest BCUT2D eigenvalue weighted by atomic mass is 10.0. The van der Waals surface area contributed by atoms with Gasteiger partial charge in [-0.25, -0.2) is 0 Å². The van der Waals surface area contributed by atoms with Crippen molar-refractivity contribution in [1.29, 1.82) is 0 Å². The largest absolute Gasteiger partial charge is 0.451 e. The Hall–Kier alpha value is -1.37. The van der Waals surface area contributed by atoms with E-state index >= 15 is 0 Å². The first kappa shape index (κ1) is 17.5. The van der Waals surface area contributed by atoms with E-state index in [-0.39, 0.29) is 5.91 Å². The van der Waals surface area contributed by atoms with Crippen molar-refractivity contribution in [2.24, 2.45) is 5.92 Å². The molecule has 2 heterocycles. The van der Waals surface area contributed by atoms with E-state index in [1.165, 1.54) is 0 Å². The van der Waals surface area contributed by atoms with Gasteiger partial charge in [0, 0.05) is 35.5 Å². The van der Waals surface area contributed by atoms with E-state index in [1.54, 1.807) is 6.07 Å². The topological polar surface area (TPSA) is 54.7 Å². The number of benzene rings is 1. The summed E-state index contributed by atoms with van der Waals surface area (Å²) in [5, 5.41) is 3.95. The number of nitrogens with zero attached hydrogens (tertiary/aromatic N) is 1. The van der Waals surface area contributed by atoms with E-state index in [9.17, 15) is 4.79 Å². The summed E-state index contributed by atoms with van der Waals surface area (Å²) in [6, 6.07) is 7.80. The third-order valence-corrected chi connectivity index (χ3v) is 4.95. The summed E-state index contributed by atoms with van der Waals surface area (Å²) in [5.74, 6) is 0.642. The normalized spacial score (nSPS) is 17.3. The van der Waals surface area contributed by atoms with Crippen LogP contribution in [0.4, 0.5) is 0 Å². The Morgan fingerprint density at radius 1 is 1.29 bits per heavy atom. The van der Waals surface area contributed by atoms with Crippen LogP contribution in [-0.2, 0) is 4.74 Å². The van der Waals surface area contributed by atoms with E-state index in [1.807, 2.05) is 18.2 Å². The average Bonchev–Trinajstić information content (AvgIpc) is 2.98. The number of carbonyl (C=O) groups excluding carboxylic acids is 1. The van der Waals surface area contributed by atoms with E-state index < -0.39 is 0 Å². The third kappa shape index (κ3) is 3.99. The Kier molecular flexibility index (Phi) is 5.58. The number of furan rings is 1. The van der Waals surface area contributed by atoms with Crippen molar-refractivity contribution >= 4 is 32.8 Å². The molecular weight excluding hydrogens is 372 g/mol. The van der Waals surface area contributed by atoms with Crippen LogP contribution < -0.4 is 5.32 Å². The molecule has 1 saturated heterocycles. The van der Waals surface area contributed by atoms with Crippen LogP contribution in [-0.4, -0.2) is 49.7 Å². The second kappa shape index (κ2) is 7.68. The predicted molar refractivity (Wildman–Crippen MR) is 97.3 cm³/mol. The Balaban J connectivity index is 1.65. The van der Waals surface area contributed by atoms with Gasteiger partial charge in [-0.2, -0.15) is 0 Å². The lowest BCUT2D eigenvalue weighted by molar-refractivity contribution is 0.00666. The summed E-state index contributed by atoms with van der Waals surface area (Å²) in [5.41, 5.74) is 0.719. The lowest BCUT2D eigenvalue weighted by Crippen LogP contribution is -2.51. The highest BCUT2D eigenvalue weighted by Crippen LogP contribution is 2.23. The molecule has 1 amide bonds. The molecule has 1 aromatic heterocycles. The van der Waals surface area contributed by atoms with Gasteiger partial charge in [-0.3, -0.25) is 9.69 Å². The number of rotatable bonds is 5. The van der Waals surface area contributed by atoms with Crippen LogP contribution in [0.5, 0.6) is 0 Å². The molecule has 130 valence electrons. The Morgan fingerprint density at radius 3 is 2.75 bits per heavy atom. The van der Waals surface area contributed by atoms with Gasteiger partial charge in [-0.1, -0.05) is 29.8 Å². The second-order valence-electron chi connectivity index (χ2n) is 6.46. The number of carbonyl (C=O) groups is 1. The van der Waals surface area contributed by atoms with Crippen molar-refractivity contribution in [2.75, 3.05) is 32.8 Å². The quantitative estimate of drug-likeness (QED) is 0.845. The molecule has 2 aromatic rings. The molecule has 0 radical (unpaired) electrons. The third-order valence-electron chi connectivity index (χ3n) is 4.46. The second-order valence-corrected chi connectivity index (χ2v) is 7.38. The molecule has 24 heavy (non-hydrogen) atoms. The molecule has 1 unspecified atom stereocenters. The van der Waals surface area contributed by atoms with Crippen LogP contribution in [0.1, 0.15) is 24.4 Å². The number of ether oxygens (including phenoxy) is 1. The van der Waals surface area contributed by atoms with Gasteiger partial charge < -0.3 is 14.5 Å². The highest BCUT2D eigenvalue weighted by atomic mass is 79.9. The molecule has 1 aromatic carbocycles. The smallest absolute Gasteiger partial charge is 0.287 e. The minimum Gasteiger partial charge on any atom is -0.451 e. The molecular formula is C18H23BrN2O3. The van der Waals surface area contributed by atoms with E-state index in [2.05, 4.69) is 40.0 Å². The molecule has 1 aliphatic rings. The van der Waals surface area contributed by atoms with Crippen molar-refractivity contribution in [3.8, 4) is 0 Å². The van der Waals surface area contributed by atoms with Gasteiger partial charge in [-0.05, 0) is 30.2 Å². The summed E-state index contributed by atoms with van der Waals surface area (Å²) < 4.78 is 12.0. The zero-order valence-electron chi connectivity index (χ0n) is 14.0. The number of fused-ring (bicyclic) bond motifs is 1. The first-order valence-electron chi connectivity index (χ1n) is 8.33. The van der Waals surface area contributed by atoms with Crippen LogP contribution in [0.15, 0.2) is 33.2 Å². The maximum Gasteiger partial charge on any atom is 0.287 e. The Labute approximate surface area is 150 Å². The van der Waals surface area contributed by atoms with Crippen LogP contribution in [0.2, 0.25) is 0 Å². The molecule has 1 atom stereocenters. The van der Waals surface area contributed by atoms with Crippen molar-refractivity contribution in [3.05, 3.63) is 34.5 Å². The molecule has 5 nitrogen and oxygen atoms in total. The number of amides is 1. The maximum atomic E-state index is 12.4. The molecule has 0 bridgehead atoms. The first-order valence-corrected chi connectivity index (χ1v) is 9.13. The van der Waals surface area contributed by atoms with Gasteiger partial charge in [0.2, 0.25) is 0 Å². The summed E-state index contributed by atoms with van der Waals surface area (Å²) in [4.78, 5) is 14.8. The van der Waals surface area contributed by atoms with E-state index in [0.29, 0.717) is 24.3 Å². The van der Waals surface area contributed by atoms with Crippen LogP contribution in [0, 0.1) is 5.92 Å². The van der Waals surface area contributed by atoms with Gasteiger partial charge in [0.15, 0.2) is 5.76 Å². The molecule has 0 saturated carbocycles.